The van der Waals surface area contributed by atoms with Gasteiger partial charge in [0.25, 0.3) is 11.8 Å². The first-order valence-electron chi connectivity index (χ1n) is 14.0. The lowest BCUT2D eigenvalue weighted by atomic mass is 10.1. The van der Waals surface area contributed by atoms with Crippen molar-refractivity contribution < 1.29 is 9.59 Å². The predicted molar refractivity (Wildman–Crippen MR) is 160 cm³/mol. The summed E-state index contributed by atoms with van der Waals surface area (Å²) >= 11 is 6.80. The number of carbonyl (C=O) groups excluding carboxylic acids is 2. The van der Waals surface area contributed by atoms with Gasteiger partial charge in [0.1, 0.15) is 0 Å². The van der Waals surface area contributed by atoms with Gasteiger partial charge in [0.2, 0.25) is 0 Å². The van der Waals surface area contributed by atoms with Gasteiger partial charge in [-0.3, -0.25) is 9.59 Å². The first-order chi connectivity index (χ1) is 18.1. The van der Waals surface area contributed by atoms with E-state index in [-0.39, 0.29) is 11.8 Å². The Morgan fingerprint density at radius 2 is 1.19 bits per heavy atom. The standard InChI is InChI=1S/C30H39BrN2O2S2/c1-3-5-7-9-11-13-19-32-27(22-16-15-21-36-22)25-26(30(32)35)28(23-17-18-24(31)37-23)33(29(25)34)20-14-12-10-8-6-4-2/h15-18,21H,3-14,19-20H2,1-2H3. The molecule has 0 saturated heterocycles. The zero-order chi connectivity index (χ0) is 26.2. The minimum atomic E-state index is -0.00900. The summed E-state index contributed by atoms with van der Waals surface area (Å²) in [7, 11) is 0. The molecule has 4 rings (SSSR count). The highest BCUT2D eigenvalue weighted by atomic mass is 79.9. The van der Waals surface area contributed by atoms with Crippen LogP contribution in [0.4, 0.5) is 0 Å². The van der Waals surface area contributed by atoms with Crippen LogP contribution in [0, 0.1) is 0 Å². The Labute approximate surface area is 238 Å². The van der Waals surface area contributed by atoms with E-state index in [2.05, 4.69) is 29.8 Å². The highest BCUT2D eigenvalue weighted by Gasteiger charge is 2.49. The van der Waals surface area contributed by atoms with Crippen LogP contribution in [0.3, 0.4) is 0 Å². The van der Waals surface area contributed by atoms with Gasteiger partial charge in [0.05, 0.1) is 36.1 Å². The lowest BCUT2D eigenvalue weighted by Gasteiger charge is -2.24. The maximum Gasteiger partial charge on any atom is 0.261 e. The Kier molecular flexibility index (Phi) is 10.6. The number of amides is 2. The van der Waals surface area contributed by atoms with Crippen LogP contribution in [-0.4, -0.2) is 34.7 Å². The average molecular weight is 604 g/mol. The molecule has 37 heavy (non-hydrogen) atoms. The quantitative estimate of drug-likeness (QED) is 0.180. The van der Waals surface area contributed by atoms with E-state index < -0.39 is 0 Å². The zero-order valence-corrected chi connectivity index (χ0v) is 25.4. The van der Waals surface area contributed by atoms with Crippen molar-refractivity contribution in [1.82, 2.24) is 9.80 Å². The normalized spacial score (nSPS) is 15.6. The smallest absolute Gasteiger partial charge is 0.261 e. The van der Waals surface area contributed by atoms with Crippen molar-refractivity contribution in [3.63, 3.8) is 0 Å². The molecule has 2 aliphatic heterocycles. The molecular formula is C30H39BrN2O2S2. The summed E-state index contributed by atoms with van der Waals surface area (Å²) < 4.78 is 1.01. The fourth-order valence-corrected chi connectivity index (χ4v) is 7.52. The highest BCUT2D eigenvalue weighted by Crippen LogP contribution is 2.48. The van der Waals surface area contributed by atoms with Gasteiger partial charge < -0.3 is 9.80 Å². The second-order valence-electron chi connectivity index (χ2n) is 9.98. The van der Waals surface area contributed by atoms with Crippen molar-refractivity contribution in [2.75, 3.05) is 13.1 Å². The Morgan fingerprint density at radius 1 is 0.676 bits per heavy atom. The first kappa shape index (κ1) is 28.3. The Morgan fingerprint density at radius 3 is 1.65 bits per heavy atom. The monoisotopic (exact) mass is 602 g/mol. The third-order valence-corrected chi connectivity index (χ3v) is 9.72. The number of rotatable bonds is 16. The van der Waals surface area contributed by atoms with Crippen molar-refractivity contribution in [2.45, 2.75) is 90.9 Å². The van der Waals surface area contributed by atoms with E-state index in [4.69, 9.17) is 0 Å². The van der Waals surface area contributed by atoms with Crippen molar-refractivity contribution in [3.05, 3.63) is 54.3 Å². The summed E-state index contributed by atoms with van der Waals surface area (Å²) in [4.78, 5) is 33.9. The summed E-state index contributed by atoms with van der Waals surface area (Å²) in [5.41, 5.74) is 2.87. The predicted octanol–water partition coefficient (Wildman–Crippen LogP) is 9.10. The van der Waals surface area contributed by atoms with Crippen LogP contribution in [0.2, 0.25) is 0 Å². The lowest BCUT2D eigenvalue weighted by molar-refractivity contribution is -0.124. The maximum absolute atomic E-state index is 14.0. The Balaban J connectivity index is 1.63. The van der Waals surface area contributed by atoms with Gasteiger partial charge in [0.15, 0.2) is 0 Å². The van der Waals surface area contributed by atoms with E-state index in [0.29, 0.717) is 24.2 Å². The van der Waals surface area contributed by atoms with Crippen LogP contribution in [0.25, 0.3) is 11.4 Å². The molecule has 0 atom stereocenters. The Bertz CT molecular complexity index is 1130. The second kappa shape index (κ2) is 13.9. The molecule has 200 valence electrons. The first-order valence-corrected chi connectivity index (χ1v) is 16.5. The molecule has 2 aliphatic rings. The fourth-order valence-electron chi connectivity index (χ4n) is 5.29. The van der Waals surface area contributed by atoms with Crippen molar-refractivity contribution in [1.29, 1.82) is 0 Å². The van der Waals surface area contributed by atoms with Crippen LogP contribution in [-0.2, 0) is 9.59 Å². The zero-order valence-electron chi connectivity index (χ0n) is 22.2. The molecule has 4 heterocycles. The van der Waals surface area contributed by atoms with Gasteiger partial charge in [-0.2, -0.15) is 0 Å². The second-order valence-corrected chi connectivity index (χ2v) is 13.4. The molecular weight excluding hydrogens is 564 g/mol. The molecule has 0 saturated carbocycles. The van der Waals surface area contributed by atoms with E-state index >= 15 is 0 Å². The largest absolute Gasteiger partial charge is 0.306 e. The molecule has 0 bridgehead atoms. The molecule has 7 heteroatoms. The number of halogens is 1. The van der Waals surface area contributed by atoms with Crippen LogP contribution < -0.4 is 0 Å². The SMILES string of the molecule is CCCCCCCCN1C(=O)C2=C(c3ccc(Br)s3)N(CCCCCCCC)C(=O)C2=C1c1cccs1. The number of carbonyl (C=O) groups is 2. The molecule has 2 aromatic rings. The van der Waals surface area contributed by atoms with Gasteiger partial charge in [-0.15, -0.1) is 22.7 Å². The molecule has 0 aromatic carbocycles. The van der Waals surface area contributed by atoms with Crippen molar-refractivity contribution in [2.24, 2.45) is 0 Å². The number of fused-ring (bicyclic) bond motifs is 1. The van der Waals surface area contributed by atoms with Crippen molar-refractivity contribution in [3.8, 4) is 0 Å². The van der Waals surface area contributed by atoms with Crippen LogP contribution in [0.5, 0.6) is 0 Å². The molecule has 4 nitrogen and oxygen atoms in total. The van der Waals surface area contributed by atoms with Crippen LogP contribution in [0.1, 0.15) is 101 Å². The molecule has 0 N–H and O–H groups in total. The number of hydrogen-bond donors (Lipinski definition) is 0. The summed E-state index contributed by atoms with van der Waals surface area (Å²) in [6.07, 6.45) is 14.0. The lowest BCUT2D eigenvalue weighted by Crippen LogP contribution is -2.30. The molecule has 0 radical (unpaired) electrons. The fraction of sp³-hybridized carbons (Fsp3) is 0.533. The number of nitrogens with zero attached hydrogens (tertiary/aromatic N) is 2. The van der Waals surface area contributed by atoms with Gasteiger partial charge in [-0.1, -0.05) is 84.1 Å². The maximum atomic E-state index is 14.0. The highest BCUT2D eigenvalue weighted by molar-refractivity contribution is 9.11. The van der Waals surface area contributed by atoms with Gasteiger partial charge in [-0.05, 0) is 52.4 Å². The van der Waals surface area contributed by atoms with E-state index in [0.717, 1.165) is 50.6 Å². The molecule has 0 spiro atoms. The molecule has 2 amide bonds. The van der Waals surface area contributed by atoms with E-state index in [9.17, 15) is 9.59 Å². The summed E-state index contributed by atoms with van der Waals surface area (Å²) in [6.45, 7) is 5.78. The van der Waals surface area contributed by atoms with Gasteiger partial charge in [-0.25, -0.2) is 0 Å². The number of hydrogen-bond acceptors (Lipinski definition) is 4. The molecule has 2 aromatic heterocycles. The minimum absolute atomic E-state index is 0.00900. The average Bonchev–Trinajstić information content (AvgIpc) is 3.67. The van der Waals surface area contributed by atoms with E-state index in [1.807, 2.05) is 39.4 Å². The third-order valence-electron chi connectivity index (χ3n) is 7.21. The number of unbranched alkanes of at least 4 members (excludes halogenated alkanes) is 10. The van der Waals surface area contributed by atoms with Gasteiger partial charge >= 0.3 is 0 Å². The summed E-state index contributed by atoms with van der Waals surface area (Å²) in [5, 5.41) is 2.03. The molecule has 0 aliphatic carbocycles. The number of thiophene rings is 2. The van der Waals surface area contributed by atoms with E-state index in [1.165, 1.54) is 51.4 Å². The Hall–Kier alpha value is -1.70. The third kappa shape index (κ3) is 6.48. The van der Waals surface area contributed by atoms with Crippen LogP contribution in [0.15, 0.2) is 44.6 Å². The van der Waals surface area contributed by atoms with E-state index in [1.54, 1.807) is 22.7 Å². The summed E-state index contributed by atoms with van der Waals surface area (Å²) in [5.74, 6) is -0.0180. The molecule has 0 unspecified atom stereocenters. The van der Waals surface area contributed by atoms with Crippen molar-refractivity contribution >= 4 is 61.8 Å². The molecule has 0 fully saturated rings. The summed E-state index contributed by atoms with van der Waals surface area (Å²) in [6, 6.07) is 8.10. The topological polar surface area (TPSA) is 40.6 Å². The van der Waals surface area contributed by atoms with Crippen LogP contribution >= 0.6 is 38.6 Å². The minimum Gasteiger partial charge on any atom is -0.306 e. The van der Waals surface area contributed by atoms with Gasteiger partial charge in [0, 0.05) is 13.1 Å².